The van der Waals surface area contributed by atoms with E-state index in [9.17, 15) is 14.7 Å². The van der Waals surface area contributed by atoms with Crippen LogP contribution in [0.4, 0.5) is 0 Å². The zero-order valence-electron chi connectivity index (χ0n) is 24.6. The third-order valence-corrected chi connectivity index (χ3v) is 8.45. The summed E-state index contributed by atoms with van der Waals surface area (Å²) < 4.78 is 5.87. The van der Waals surface area contributed by atoms with Crippen molar-refractivity contribution < 1.29 is 19.4 Å². The topological polar surface area (TPSA) is 89.4 Å². The molecule has 6 nitrogen and oxygen atoms in total. The highest BCUT2D eigenvalue weighted by Crippen LogP contribution is 2.25. The zero-order chi connectivity index (χ0) is 29.7. The average molecular weight is 585 g/mol. The lowest BCUT2D eigenvalue weighted by atomic mass is 9.93. The highest BCUT2D eigenvalue weighted by Gasteiger charge is 2.23. The number of thiophene rings is 1. The van der Waals surface area contributed by atoms with Gasteiger partial charge in [-0.2, -0.15) is 0 Å². The molecule has 0 aliphatic heterocycles. The molecule has 7 heteroatoms. The first-order valence-corrected chi connectivity index (χ1v) is 15.8. The standard InChI is InChI=1S/C35H40N2O4S/c1-3-5-6-7-8-20-41-30-16-14-26(15-17-30)29-23-36-34(37-24-29)27-12-10-25(11-13-27)21-28(35(39)40)22-32(38)33-19-18-31(42-33)9-4-2/h10-19,23-24,28H,3-9,20-22H2,1-2H3,(H,39,40)/t28-/m1/s1. The number of nitrogens with zero attached hydrogens (tertiary/aromatic N) is 2. The van der Waals surface area contributed by atoms with Crippen LogP contribution in [0.5, 0.6) is 5.75 Å². The smallest absolute Gasteiger partial charge is 0.307 e. The minimum absolute atomic E-state index is 0.0140. The molecule has 0 fully saturated rings. The number of hydrogen-bond donors (Lipinski definition) is 1. The first-order chi connectivity index (χ1) is 20.5. The van der Waals surface area contributed by atoms with Crippen LogP contribution in [0.25, 0.3) is 22.5 Å². The molecule has 0 unspecified atom stereocenters. The van der Waals surface area contributed by atoms with E-state index in [1.807, 2.05) is 73.1 Å². The van der Waals surface area contributed by atoms with Crippen LogP contribution in [-0.4, -0.2) is 33.4 Å². The maximum absolute atomic E-state index is 12.8. The maximum Gasteiger partial charge on any atom is 0.307 e. The van der Waals surface area contributed by atoms with Gasteiger partial charge in [0.05, 0.1) is 17.4 Å². The summed E-state index contributed by atoms with van der Waals surface area (Å²) in [6.45, 7) is 5.06. The fraction of sp³-hybridized carbons (Fsp3) is 0.371. The number of carboxylic acids is 1. The zero-order valence-corrected chi connectivity index (χ0v) is 25.4. The van der Waals surface area contributed by atoms with Gasteiger partial charge in [-0.15, -0.1) is 11.3 Å². The predicted octanol–water partition coefficient (Wildman–Crippen LogP) is 8.69. The van der Waals surface area contributed by atoms with E-state index < -0.39 is 11.9 Å². The number of carbonyl (C=O) groups excluding carboxylic acids is 1. The lowest BCUT2D eigenvalue weighted by molar-refractivity contribution is -0.141. The van der Waals surface area contributed by atoms with Crippen molar-refractivity contribution in [2.24, 2.45) is 5.92 Å². The molecule has 0 aliphatic rings. The summed E-state index contributed by atoms with van der Waals surface area (Å²) in [6, 6.07) is 19.4. The van der Waals surface area contributed by atoms with Crippen molar-refractivity contribution in [1.29, 1.82) is 0 Å². The molecule has 1 N–H and O–H groups in total. The molecule has 2 aromatic carbocycles. The molecule has 0 saturated carbocycles. The van der Waals surface area contributed by atoms with Gasteiger partial charge in [0.2, 0.25) is 0 Å². The van der Waals surface area contributed by atoms with Gasteiger partial charge in [-0.05, 0) is 54.7 Å². The fourth-order valence-corrected chi connectivity index (χ4v) is 5.88. The van der Waals surface area contributed by atoms with Gasteiger partial charge in [0.1, 0.15) is 5.75 Å². The summed E-state index contributed by atoms with van der Waals surface area (Å²) in [6.07, 6.45) is 11.9. The van der Waals surface area contributed by atoms with Gasteiger partial charge in [0.15, 0.2) is 11.6 Å². The number of carbonyl (C=O) groups is 2. The van der Waals surface area contributed by atoms with E-state index in [1.54, 1.807) is 0 Å². The average Bonchev–Trinajstić information content (AvgIpc) is 3.48. The van der Waals surface area contributed by atoms with Crippen molar-refractivity contribution in [3.8, 4) is 28.3 Å². The molecule has 1 atom stereocenters. The Hall–Kier alpha value is -3.84. The molecule has 4 rings (SSSR count). The second kappa shape index (κ2) is 16.0. The van der Waals surface area contributed by atoms with Crippen LogP contribution in [0.1, 0.15) is 78.9 Å². The van der Waals surface area contributed by atoms with Gasteiger partial charge >= 0.3 is 5.97 Å². The summed E-state index contributed by atoms with van der Waals surface area (Å²) >= 11 is 1.47. The van der Waals surface area contributed by atoms with Crippen molar-refractivity contribution in [2.45, 2.75) is 71.6 Å². The number of unbranched alkanes of at least 4 members (excludes halogenated alkanes) is 4. The van der Waals surface area contributed by atoms with Crippen LogP contribution in [0.3, 0.4) is 0 Å². The van der Waals surface area contributed by atoms with E-state index in [4.69, 9.17) is 4.74 Å². The van der Waals surface area contributed by atoms with E-state index in [1.165, 1.54) is 37.0 Å². The van der Waals surface area contributed by atoms with Gasteiger partial charge in [-0.3, -0.25) is 9.59 Å². The number of benzene rings is 2. The number of carboxylic acid groups (broad SMARTS) is 1. The molecule has 220 valence electrons. The van der Waals surface area contributed by atoms with Crippen LogP contribution >= 0.6 is 11.3 Å². The quantitative estimate of drug-likeness (QED) is 0.0986. The second-order valence-electron chi connectivity index (χ2n) is 10.7. The first kappa shape index (κ1) is 31.1. The monoisotopic (exact) mass is 584 g/mol. The third-order valence-electron chi connectivity index (χ3n) is 7.26. The molecule has 2 aromatic heterocycles. The summed E-state index contributed by atoms with van der Waals surface area (Å²) in [4.78, 5) is 35.6. The minimum atomic E-state index is -0.960. The highest BCUT2D eigenvalue weighted by molar-refractivity contribution is 7.14. The SMILES string of the molecule is CCCCCCCOc1ccc(-c2cnc(-c3ccc(C[C@H](CC(=O)c4ccc(CCC)s4)C(=O)O)cc3)nc2)cc1. The summed E-state index contributed by atoms with van der Waals surface area (Å²) in [5.41, 5.74) is 3.64. The number of hydrogen-bond acceptors (Lipinski definition) is 6. The number of Topliss-reactive ketones (excluding diaryl/α,β-unsaturated/α-hetero) is 1. The second-order valence-corrected chi connectivity index (χ2v) is 11.8. The van der Waals surface area contributed by atoms with Crippen molar-refractivity contribution in [2.75, 3.05) is 6.61 Å². The molecule has 2 heterocycles. The van der Waals surface area contributed by atoms with Gasteiger partial charge in [-0.1, -0.05) is 82.3 Å². The van der Waals surface area contributed by atoms with Crippen molar-refractivity contribution in [1.82, 2.24) is 9.97 Å². The van der Waals surface area contributed by atoms with Crippen LogP contribution in [-0.2, 0) is 17.6 Å². The molecule has 42 heavy (non-hydrogen) atoms. The van der Waals surface area contributed by atoms with E-state index in [0.29, 0.717) is 10.7 Å². The Kier molecular flexibility index (Phi) is 11.8. The lowest BCUT2D eigenvalue weighted by Crippen LogP contribution is -2.20. The molecule has 0 saturated heterocycles. The van der Waals surface area contributed by atoms with E-state index in [-0.39, 0.29) is 18.6 Å². The normalized spacial score (nSPS) is 11.8. The van der Waals surface area contributed by atoms with Gasteiger partial charge in [0, 0.05) is 34.8 Å². The van der Waals surface area contributed by atoms with Crippen molar-refractivity contribution in [3.05, 3.63) is 88.4 Å². The Labute approximate surface area is 252 Å². The maximum atomic E-state index is 12.8. The molecule has 0 radical (unpaired) electrons. The Morgan fingerprint density at radius 1 is 0.810 bits per heavy atom. The fourth-order valence-electron chi connectivity index (χ4n) is 4.82. The Morgan fingerprint density at radius 3 is 2.17 bits per heavy atom. The Morgan fingerprint density at radius 2 is 1.50 bits per heavy atom. The molecule has 0 aliphatic carbocycles. The Bertz CT molecular complexity index is 1410. The van der Waals surface area contributed by atoms with Crippen LogP contribution in [0.15, 0.2) is 73.1 Å². The van der Waals surface area contributed by atoms with Gasteiger partial charge in [0.25, 0.3) is 0 Å². The van der Waals surface area contributed by atoms with Gasteiger partial charge < -0.3 is 9.84 Å². The molecule has 0 amide bonds. The van der Waals surface area contributed by atoms with Crippen molar-refractivity contribution in [3.63, 3.8) is 0 Å². The van der Waals surface area contributed by atoms with E-state index in [2.05, 4.69) is 23.8 Å². The number of ketones is 1. The highest BCUT2D eigenvalue weighted by atomic mass is 32.1. The van der Waals surface area contributed by atoms with Crippen LogP contribution in [0.2, 0.25) is 0 Å². The lowest BCUT2D eigenvalue weighted by Gasteiger charge is -2.12. The van der Waals surface area contributed by atoms with Crippen molar-refractivity contribution >= 4 is 23.1 Å². The molecule has 0 spiro atoms. The minimum Gasteiger partial charge on any atom is -0.494 e. The summed E-state index contributed by atoms with van der Waals surface area (Å²) in [5.74, 6) is -0.385. The molecule has 0 bridgehead atoms. The molecule has 4 aromatic rings. The number of ether oxygens (including phenoxy) is 1. The largest absolute Gasteiger partial charge is 0.494 e. The number of rotatable bonds is 17. The van der Waals surface area contributed by atoms with E-state index >= 15 is 0 Å². The third kappa shape index (κ3) is 9.08. The summed E-state index contributed by atoms with van der Waals surface area (Å²) in [7, 11) is 0. The summed E-state index contributed by atoms with van der Waals surface area (Å²) in [5, 5.41) is 9.79. The Balaban J connectivity index is 1.31. The predicted molar refractivity (Wildman–Crippen MR) is 169 cm³/mol. The number of aromatic nitrogens is 2. The van der Waals surface area contributed by atoms with Crippen LogP contribution < -0.4 is 4.74 Å². The molecular formula is C35H40N2O4S. The molecular weight excluding hydrogens is 544 g/mol. The number of aliphatic carboxylic acids is 1. The van der Waals surface area contributed by atoms with Gasteiger partial charge in [-0.25, -0.2) is 9.97 Å². The van der Waals surface area contributed by atoms with Crippen LogP contribution in [0, 0.1) is 5.92 Å². The van der Waals surface area contributed by atoms with E-state index in [0.717, 1.165) is 58.7 Å². The first-order valence-electron chi connectivity index (χ1n) is 15.0. The number of aryl methyl sites for hydroxylation is 1.